The molecule has 7 nitrogen and oxygen atoms in total. The first kappa shape index (κ1) is 16.0. The Bertz CT molecular complexity index is 630. The van der Waals surface area contributed by atoms with Gasteiger partial charge < -0.3 is 14.2 Å². The fourth-order valence-electron chi connectivity index (χ4n) is 2.38. The molecule has 1 aromatic heterocycles. The molecule has 1 saturated heterocycles. The zero-order chi connectivity index (χ0) is 15.8. The number of hydrogen-bond donors (Lipinski definition) is 1. The van der Waals surface area contributed by atoms with Gasteiger partial charge in [0.05, 0.1) is 12.6 Å². The Labute approximate surface area is 124 Å². The summed E-state index contributed by atoms with van der Waals surface area (Å²) in [6.45, 7) is 4.90. The summed E-state index contributed by atoms with van der Waals surface area (Å²) < 4.78 is 29.9. The van der Waals surface area contributed by atoms with E-state index < -0.39 is 10.0 Å². The van der Waals surface area contributed by atoms with Crippen molar-refractivity contribution in [2.75, 3.05) is 20.3 Å². The minimum atomic E-state index is -3.83. The number of primary sulfonamides is 1. The zero-order valence-corrected chi connectivity index (χ0v) is 13.3. The monoisotopic (exact) mass is 315 g/mol. The van der Waals surface area contributed by atoms with E-state index in [1.165, 1.54) is 12.3 Å². The molecule has 1 fully saturated rings. The van der Waals surface area contributed by atoms with E-state index in [9.17, 15) is 13.2 Å². The maximum atomic E-state index is 12.6. The minimum Gasteiger partial charge on any atom is -0.379 e. The molecule has 1 aliphatic rings. The van der Waals surface area contributed by atoms with E-state index >= 15 is 0 Å². The van der Waals surface area contributed by atoms with Gasteiger partial charge in [-0.3, -0.25) is 4.79 Å². The first-order valence-corrected chi connectivity index (χ1v) is 8.36. The van der Waals surface area contributed by atoms with Crippen LogP contribution < -0.4 is 5.14 Å². The number of sulfonamides is 1. The first-order chi connectivity index (χ1) is 9.71. The van der Waals surface area contributed by atoms with Crippen LogP contribution in [0.4, 0.5) is 0 Å². The Hall–Kier alpha value is -1.38. The number of likely N-dealkylation sites (N-methyl/N-ethyl adjacent to an activating group) is 1. The molecule has 1 amide bonds. The lowest BCUT2D eigenvalue weighted by Crippen LogP contribution is -2.38. The highest BCUT2D eigenvalue weighted by atomic mass is 32.2. The van der Waals surface area contributed by atoms with Crippen LogP contribution in [0.25, 0.3) is 0 Å². The van der Waals surface area contributed by atoms with Crippen LogP contribution in [-0.4, -0.2) is 50.1 Å². The van der Waals surface area contributed by atoms with Crippen molar-refractivity contribution in [3.8, 4) is 0 Å². The van der Waals surface area contributed by atoms with E-state index in [0.29, 0.717) is 18.9 Å². The average Bonchev–Trinajstić information content (AvgIpc) is 3.04. The number of amides is 1. The number of aromatic nitrogens is 1. The van der Waals surface area contributed by atoms with E-state index in [1.807, 2.05) is 13.8 Å². The summed E-state index contributed by atoms with van der Waals surface area (Å²) in [5.74, 6) is -0.228. The van der Waals surface area contributed by atoms with Crippen molar-refractivity contribution in [1.29, 1.82) is 0 Å². The predicted molar refractivity (Wildman–Crippen MR) is 77.5 cm³/mol. The van der Waals surface area contributed by atoms with Gasteiger partial charge in [-0.1, -0.05) is 0 Å². The average molecular weight is 315 g/mol. The van der Waals surface area contributed by atoms with Crippen LogP contribution in [0.15, 0.2) is 17.2 Å². The van der Waals surface area contributed by atoms with Gasteiger partial charge >= 0.3 is 0 Å². The third-order valence-corrected chi connectivity index (χ3v) is 4.58. The summed E-state index contributed by atoms with van der Waals surface area (Å²) in [6.07, 6.45) is 2.19. The second-order valence-corrected chi connectivity index (χ2v) is 7.10. The number of nitrogens with two attached hydrogens (primary N) is 1. The molecule has 0 bridgehead atoms. The normalized spacial score (nSPS) is 19.2. The summed E-state index contributed by atoms with van der Waals surface area (Å²) in [7, 11) is -2.13. The molecule has 2 N–H and O–H groups in total. The maximum absolute atomic E-state index is 12.6. The fraction of sp³-hybridized carbons (Fsp3) is 0.615. The van der Waals surface area contributed by atoms with E-state index in [1.54, 1.807) is 16.5 Å². The molecule has 1 aliphatic heterocycles. The number of carbonyl (C=O) groups excluding carboxylic acids is 1. The van der Waals surface area contributed by atoms with Gasteiger partial charge in [0.1, 0.15) is 10.6 Å². The number of carbonyl (C=O) groups is 1. The van der Waals surface area contributed by atoms with Gasteiger partial charge in [0, 0.05) is 25.9 Å². The van der Waals surface area contributed by atoms with Crippen LogP contribution in [0.3, 0.4) is 0 Å². The molecule has 0 aromatic carbocycles. The molecule has 0 spiro atoms. The van der Waals surface area contributed by atoms with Crippen molar-refractivity contribution >= 4 is 15.9 Å². The van der Waals surface area contributed by atoms with Gasteiger partial charge in [-0.15, -0.1) is 0 Å². The molecular formula is C13H21N3O4S. The number of hydrogen-bond acceptors (Lipinski definition) is 4. The Balaban J connectivity index is 2.37. The Kier molecular flexibility index (Phi) is 4.40. The van der Waals surface area contributed by atoms with Gasteiger partial charge in [-0.25, -0.2) is 13.6 Å². The fourth-order valence-corrected chi connectivity index (χ4v) is 2.92. The summed E-state index contributed by atoms with van der Waals surface area (Å²) in [5, 5.41) is 5.15. The van der Waals surface area contributed by atoms with Crippen molar-refractivity contribution in [2.24, 2.45) is 5.14 Å². The Morgan fingerprint density at radius 2 is 2.19 bits per heavy atom. The third kappa shape index (κ3) is 3.28. The zero-order valence-electron chi connectivity index (χ0n) is 12.4. The van der Waals surface area contributed by atoms with Gasteiger partial charge in [0.2, 0.25) is 10.0 Å². The standard InChI is InChI=1S/C13H21N3O4S/c1-9(2)16-7-11(21(14,18)19)6-12(16)13(17)15(3)10-4-5-20-8-10/h6-7,9-10H,4-5,8H2,1-3H3,(H2,14,18,19). The molecule has 1 unspecified atom stereocenters. The van der Waals surface area contributed by atoms with Crippen LogP contribution in [0, 0.1) is 0 Å². The Morgan fingerprint density at radius 1 is 1.52 bits per heavy atom. The van der Waals surface area contributed by atoms with Crippen molar-refractivity contribution in [1.82, 2.24) is 9.47 Å². The van der Waals surface area contributed by atoms with Crippen LogP contribution in [-0.2, 0) is 14.8 Å². The largest absolute Gasteiger partial charge is 0.379 e. The van der Waals surface area contributed by atoms with Gasteiger partial charge in [0.15, 0.2) is 0 Å². The van der Waals surface area contributed by atoms with Crippen molar-refractivity contribution in [3.63, 3.8) is 0 Å². The maximum Gasteiger partial charge on any atom is 0.270 e. The quantitative estimate of drug-likeness (QED) is 0.879. The second kappa shape index (κ2) is 5.78. The van der Waals surface area contributed by atoms with Gasteiger partial charge in [-0.2, -0.15) is 0 Å². The van der Waals surface area contributed by atoms with Crippen molar-refractivity contribution in [3.05, 3.63) is 18.0 Å². The lowest BCUT2D eigenvalue weighted by molar-refractivity contribution is 0.0699. The van der Waals surface area contributed by atoms with E-state index in [2.05, 4.69) is 0 Å². The highest BCUT2D eigenvalue weighted by molar-refractivity contribution is 7.89. The third-order valence-electron chi connectivity index (χ3n) is 3.70. The van der Waals surface area contributed by atoms with Crippen LogP contribution in [0.5, 0.6) is 0 Å². The molecule has 21 heavy (non-hydrogen) atoms. The van der Waals surface area contributed by atoms with E-state index in [-0.39, 0.29) is 22.9 Å². The molecule has 8 heteroatoms. The summed E-state index contributed by atoms with van der Waals surface area (Å²) in [6, 6.07) is 1.31. The first-order valence-electron chi connectivity index (χ1n) is 6.81. The van der Waals surface area contributed by atoms with E-state index in [4.69, 9.17) is 9.88 Å². The SMILES string of the molecule is CC(C)n1cc(S(N)(=O)=O)cc1C(=O)N(C)C1CCOC1. The van der Waals surface area contributed by atoms with Crippen LogP contribution in [0.1, 0.15) is 36.8 Å². The smallest absolute Gasteiger partial charge is 0.270 e. The molecule has 1 aromatic rings. The summed E-state index contributed by atoms with van der Waals surface area (Å²) in [4.78, 5) is 14.2. The molecule has 0 saturated carbocycles. The molecule has 1 atom stereocenters. The summed E-state index contributed by atoms with van der Waals surface area (Å²) in [5.41, 5.74) is 0.323. The minimum absolute atomic E-state index is 0.0194. The molecular weight excluding hydrogens is 294 g/mol. The van der Waals surface area contributed by atoms with Crippen LogP contribution >= 0.6 is 0 Å². The molecule has 0 radical (unpaired) electrons. The Morgan fingerprint density at radius 3 is 2.67 bits per heavy atom. The molecule has 0 aliphatic carbocycles. The second-order valence-electron chi connectivity index (χ2n) is 5.54. The molecule has 2 rings (SSSR count). The summed E-state index contributed by atoms with van der Waals surface area (Å²) >= 11 is 0. The van der Waals surface area contributed by atoms with Crippen molar-refractivity contribution in [2.45, 2.75) is 37.2 Å². The van der Waals surface area contributed by atoms with E-state index in [0.717, 1.165) is 6.42 Å². The lowest BCUT2D eigenvalue weighted by Gasteiger charge is -2.24. The van der Waals surface area contributed by atoms with Crippen LogP contribution in [0.2, 0.25) is 0 Å². The lowest BCUT2D eigenvalue weighted by atomic mass is 10.2. The number of rotatable bonds is 4. The van der Waals surface area contributed by atoms with Gasteiger partial charge in [-0.05, 0) is 26.3 Å². The van der Waals surface area contributed by atoms with Gasteiger partial charge in [0.25, 0.3) is 5.91 Å². The number of ether oxygens (including phenoxy) is 1. The highest BCUT2D eigenvalue weighted by Gasteiger charge is 2.28. The highest BCUT2D eigenvalue weighted by Crippen LogP contribution is 2.21. The topological polar surface area (TPSA) is 94.6 Å². The molecule has 2 heterocycles. The predicted octanol–water partition coefficient (Wildman–Crippen LogP) is 0.577. The number of nitrogens with zero attached hydrogens (tertiary/aromatic N) is 2. The van der Waals surface area contributed by atoms with Crippen molar-refractivity contribution < 1.29 is 17.9 Å². The molecule has 118 valence electrons.